The van der Waals surface area contributed by atoms with Gasteiger partial charge in [0.25, 0.3) is 0 Å². The molecule has 0 bridgehead atoms. The van der Waals surface area contributed by atoms with E-state index in [1.807, 2.05) is 25.4 Å². The molecule has 1 unspecified atom stereocenters. The van der Waals surface area contributed by atoms with E-state index in [9.17, 15) is 0 Å². The molecular formula is C11H16N2O2. The van der Waals surface area contributed by atoms with Crippen molar-refractivity contribution in [3.05, 3.63) is 23.9 Å². The molecule has 0 saturated carbocycles. The number of hydrogen-bond acceptors (Lipinski definition) is 4. The van der Waals surface area contributed by atoms with Crippen molar-refractivity contribution in [2.45, 2.75) is 19.1 Å². The molecule has 0 spiro atoms. The van der Waals surface area contributed by atoms with E-state index in [1.165, 1.54) is 0 Å². The Kier molecular flexibility index (Phi) is 3.18. The molecule has 1 saturated heterocycles. The molecule has 1 aromatic rings. The van der Waals surface area contributed by atoms with Gasteiger partial charge in [-0.2, -0.15) is 0 Å². The summed E-state index contributed by atoms with van der Waals surface area (Å²) in [6.07, 6.45) is 2.03. The minimum absolute atomic E-state index is 0.185. The van der Waals surface area contributed by atoms with Gasteiger partial charge in [-0.1, -0.05) is 6.07 Å². The van der Waals surface area contributed by atoms with Crippen LogP contribution < -0.4 is 10.1 Å². The van der Waals surface area contributed by atoms with Crippen LogP contribution in [0.1, 0.15) is 18.5 Å². The molecule has 0 aliphatic carbocycles. The number of ether oxygens (including phenoxy) is 2. The zero-order chi connectivity index (χ0) is 10.7. The molecule has 0 amide bonds. The summed E-state index contributed by atoms with van der Waals surface area (Å²) in [7, 11) is 1.93. The van der Waals surface area contributed by atoms with E-state index < -0.39 is 0 Å². The maximum Gasteiger partial charge on any atom is 0.213 e. The molecule has 1 N–H and O–H groups in total. The molecule has 0 aromatic carbocycles. The summed E-state index contributed by atoms with van der Waals surface area (Å²) in [5.74, 6) is 0.676. The van der Waals surface area contributed by atoms with Gasteiger partial charge in [-0.05, 0) is 19.5 Å². The Morgan fingerprint density at radius 1 is 1.53 bits per heavy atom. The zero-order valence-corrected chi connectivity index (χ0v) is 9.06. The molecule has 4 heteroatoms. The SMILES string of the molecule is CNC(C)c1ccc(OC2COC2)nc1. The molecule has 4 nitrogen and oxygen atoms in total. The van der Waals surface area contributed by atoms with Crippen molar-refractivity contribution in [1.29, 1.82) is 0 Å². The number of hydrogen-bond donors (Lipinski definition) is 1. The Labute approximate surface area is 89.6 Å². The maximum absolute atomic E-state index is 5.56. The van der Waals surface area contributed by atoms with Crippen molar-refractivity contribution in [2.75, 3.05) is 20.3 Å². The van der Waals surface area contributed by atoms with Gasteiger partial charge in [-0.3, -0.25) is 0 Å². The third-order valence-electron chi connectivity index (χ3n) is 2.59. The van der Waals surface area contributed by atoms with E-state index >= 15 is 0 Å². The van der Waals surface area contributed by atoms with Gasteiger partial charge in [0, 0.05) is 18.3 Å². The van der Waals surface area contributed by atoms with Crippen LogP contribution in [-0.4, -0.2) is 31.3 Å². The summed E-state index contributed by atoms with van der Waals surface area (Å²) < 4.78 is 10.6. The highest BCUT2D eigenvalue weighted by Gasteiger charge is 2.20. The standard InChI is InChI=1S/C11H16N2O2/c1-8(12-2)9-3-4-11(13-5-9)15-10-6-14-7-10/h3-5,8,10,12H,6-7H2,1-2H3. The highest BCUT2D eigenvalue weighted by molar-refractivity contribution is 5.20. The van der Waals surface area contributed by atoms with Gasteiger partial charge in [-0.25, -0.2) is 4.98 Å². The van der Waals surface area contributed by atoms with Crippen molar-refractivity contribution in [3.63, 3.8) is 0 Å². The first-order valence-electron chi connectivity index (χ1n) is 5.17. The zero-order valence-electron chi connectivity index (χ0n) is 9.06. The van der Waals surface area contributed by atoms with Gasteiger partial charge in [0.1, 0.15) is 6.10 Å². The van der Waals surface area contributed by atoms with Gasteiger partial charge in [-0.15, -0.1) is 0 Å². The summed E-state index contributed by atoms with van der Waals surface area (Å²) in [6, 6.07) is 4.25. The number of pyridine rings is 1. The highest BCUT2D eigenvalue weighted by Crippen LogP contribution is 2.16. The average Bonchev–Trinajstić information content (AvgIpc) is 2.23. The molecule has 2 heterocycles. The summed E-state index contributed by atoms with van der Waals surface area (Å²) in [5, 5.41) is 3.16. The van der Waals surface area contributed by atoms with Crippen molar-refractivity contribution < 1.29 is 9.47 Å². The number of rotatable bonds is 4. The lowest BCUT2D eigenvalue weighted by Crippen LogP contribution is -2.38. The van der Waals surface area contributed by atoms with Crippen molar-refractivity contribution >= 4 is 0 Å². The van der Waals surface area contributed by atoms with Crippen molar-refractivity contribution in [3.8, 4) is 5.88 Å². The minimum atomic E-state index is 0.185. The Morgan fingerprint density at radius 3 is 2.80 bits per heavy atom. The predicted molar refractivity (Wildman–Crippen MR) is 56.9 cm³/mol. The third kappa shape index (κ3) is 2.46. The first-order valence-corrected chi connectivity index (χ1v) is 5.17. The average molecular weight is 208 g/mol. The summed E-state index contributed by atoms with van der Waals surface area (Å²) in [5.41, 5.74) is 1.16. The number of aromatic nitrogens is 1. The summed E-state index contributed by atoms with van der Waals surface area (Å²) in [4.78, 5) is 4.25. The monoisotopic (exact) mass is 208 g/mol. The van der Waals surface area contributed by atoms with Crippen LogP contribution >= 0.6 is 0 Å². The quantitative estimate of drug-likeness (QED) is 0.805. The lowest BCUT2D eigenvalue weighted by Gasteiger charge is -2.26. The second kappa shape index (κ2) is 4.59. The van der Waals surface area contributed by atoms with E-state index in [0.29, 0.717) is 25.1 Å². The van der Waals surface area contributed by atoms with E-state index in [1.54, 1.807) is 0 Å². The van der Waals surface area contributed by atoms with Crippen molar-refractivity contribution in [2.24, 2.45) is 0 Å². The normalized spacial score (nSPS) is 18.3. The predicted octanol–water partition coefficient (Wildman–Crippen LogP) is 1.14. The smallest absolute Gasteiger partial charge is 0.213 e. The van der Waals surface area contributed by atoms with Crippen LogP contribution in [0.4, 0.5) is 0 Å². The summed E-state index contributed by atoms with van der Waals surface area (Å²) in [6.45, 7) is 3.45. The molecule has 1 aliphatic rings. The Morgan fingerprint density at radius 2 is 2.33 bits per heavy atom. The second-order valence-electron chi connectivity index (χ2n) is 3.72. The molecule has 82 valence electrons. The van der Waals surface area contributed by atoms with Crippen LogP contribution in [0.25, 0.3) is 0 Å². The van der Waals surface area contributed by atoms with Crippen LogP contribution in [0.5, 0.6) is 5.88 Å². The van der Waals surface area contributed by atoms with E-state index in [2.05, 4.69) is 17.2 Å². The molecule has 1 atom stereocenters. The lowest BCUT2D eigenvalue weighted by atomic mass is 10.1. The van der Waals surface area contributed by atoms with Crippen molar-refractivity contribution in [1.82, 2.24) is 10.3 Å². The maximum atomic E-state index is 5.56. The molecule has 0 radical (unpaired) electrons. The second-order valence-corrected chi connectivity index (χ2v) is 3.72. The van der Waals surface area contributed by atoms with E-state index in [-0.39, 0.29) is 6.10 Å². The first kappa shape index (κ1) is 10.4. The van der Waals surface area contributed by atoms with Gasteiger partial charge in [0.15, 0.2) is 0 Å². The molecule has 15 heavy (non-hydrogen) atoms. The Bertz CT molecular complexity index is 309. The van der Waals surface area contributed by atoms with Crippen LogP contribution in [0.2, 0.25) is 0 Å². The highest BCUT2D eigenvalue weighted by atomic mass is 16.6. The largest absolute Gasteiger partial charge is 0.469 e. The minimum Gasteiger partial charge on any atom is -0.469 e. The van der Waals surface area contributed by atoms with Crippen LogP contribution in [-0.2, 0) is 4.74 Å². The number of nitrogens with zero attached hydrogens (tertiary/aromatic N) is 1. The van der Waals surface area contributed by atoms with Crippen LogP contribution in [0.3, 0.4) is 0 Å². The van der Waals surface area contributed by atoms with Crippen LogP contribution in [0.15, 0.2) is 18.3 Å². The fourth-order valence-electron chi connectivity index (χ4n) is 1.34. The molecule has 1 aliphatic heterocycles. The molecule has 1 fully saturated rings. The Balaban J connectivity index is 1.96. The van der Waals surface area contributed by atoms with Gasteiger partial charge >= 0.3 is 0 Å². The first-order chi connectivity index (χ1) is 7.29. The van der Waals surface area contributed by atoms with E-state index in [4.69, 9.17) is 9.47 Å². The Hall–Kier alpha value is -1.13. The van der Waals surface area contributed by atoms with Crippen LogP contribution in [0, 0.1) is 0 Å². The number of nitrogens with one attached hydrogen (secondary N) is 1. The fraction of sp³-hybridized carbons (Fsp3) is 0.545. The fourth-order valence-corrected chi connectivity index (χ4v) is 1.34. The van der Waals surface area contributed by atoms with Gasteiger partial charge in [0.05, 0.1) is 13.2 Å². The lowest BCUT2D eigenvalue weighted by molar-refractivity contribution is -0.0813. The molecule has 2 rings (SSSR count). The topological polar surface area (TPSA) is 43.4 Å². The summed E-state index contributed by atoms with van der Waals surface area (Å²) >= 11 is 0. The molecule has 1 aromatic heterocycles. The molecular weight excluding hydrogens is 192 g/mol. The van der Waals surface area contributed by atoms with Gasteiger partial charge in [0.2, 0.25) is 5.88 Å². The third-order valence-corrected chi connectivity index (χ3v) is 2.59. The van der Waals surface area contributed by atoms with Gasteiger partial charge < -0.3 is 14.8 Å². The van der Waals surface area contributed by atoms with E-state index in [0.717, 1.165) is 5.56 Å².